The molecule has 0 spiro atoms. The van der Waals surface area contributed by atoms with Gasteiger partial charge in [0.2, 0.25) is 0 Å². The van der Waals surface area contributed by atoms with Crippen molar-refractivity contribution in [3.63, 3.8) is 0 Å². The number of nitrogens with zero attached hydrogens (tertiary/aromatic N) is 4. The maximum Gasteiger partial charge on any atom is 0.270 e. The Kier molecular flexibility index (Phi) is 3.63. The van der Waals surface area contributed by atoms with Gasteiger partial charge in [-0.15, -0.1) is 0 Å². The molecule has 0 saturated carbocycles. The fourth-order valence-electron chi connectivity index (χ4n) is 2.89. The molecule has 0 aliphatic heterocycles. The summed E-state index contributed by atoms with van der Waals surface area (Å²) in [6.45, 7) is 1.73. The molecule has 1 N–H and O–H groups in total. The zero-order chi connectivity index (χ0) is 15.7. The lowest BCUT2D eigenvalue weighted by molar-refractivity contribution is 0.0927. The maximum absolute atomic E-state index is 12.4. The Morgan fingerprint density at radius 3 is 3.05 bits per heavy atom. The molecular weight excluding hydrogens is 278 g/mol. The zero-order valence-electron chi connectivity index (χ0n) is 12.6. The van der Waals surface area contributed by atoms with Crippen molar-refractivity contribution in [1.29, 1.82) is 5.26 Å². The minimum atomic E-state index is -0.214. The Hall–Kier alpha value is -2.68. The molecule has 2 aromatic heterocycles. The van der Waals surface area contributed by atoms with Crippen LogP contribution in [0.3, 0.4) is 0 Å². The van der Waals surface area contributed by atoms with E-state index in [9.17, 15) is 4.79 Å². The molecule has 0 bridgehead atoms. The first-order valence-corrected chi connectivity index (χ1v) is 7.29. The minimum Gasteiger partial charge on any atom is -0.344 e. The van der Waals surface area contributed by atoms with E-state index in [1.165, 1.54) is 5.69 Å². The third-order valence-corrected chi connectivity index (χ3v) is 4.12. The summed E-state index contributed by atoms with van der Waals surface area (Å²) < 4.78 is 1.87. The molecule has 0 saturated heterocycles. The van der Waals surface area contributed by atoms with Crippen molar-refractivity contribution in [2.45, 2.75) is 32.2 Å². The van der Waals surface area contributed by atoms with Crippen LogP contribution in [0.5, 0.6) is 0 Å². The lowest BCUT2D eigenvalue weighted by atomic mass is 9.93. The van der Waals surface area contributed by atoms with E-state index < -0.39 is 0 Å². The normalized spacial score (nSPS) is 16.7. The lowest BCUT2D eigenvalue weighted by Crippen LogP contribution is -2.31. The van der Waals surface area contributed by atoms with Gasteiger partial charge < -0.3 is 5.32 Å². The van der Waals surface area contributed by atoms with Gasteiger partial charge in [-0.3, -0.25) is 9.48 Å². The highest BCUT2D eigenvalue weighted by atomic mass is 16.1. The number of aryl methyl sites for hydroxylation is 2. The third-order valence-electron chi connectivity index (χ3n) is 4.12. The number of fused-ring (bicyclic) bond motifs is 1. The second-order valence-corrected chi connectivity index (χ2v) is 5.53. The fourth-order valence-corrected chi connectivity index (χ4v) is 2.89. The highest BCUT2D eigenvalue weighted by Gasteiger charge is 2.25. The molecule has 1 aliphatic carbocycles. The molecule has 1 atom stereocenters. The van der Waals surface area contributed by atoms with Crippen molar-refractivity contribution in [1.82, 2.24) is 20.1 Å². The molecule has 1 amide bonds. The standard InChI is InChI=1S/C16H17N5O/c1-10-11(8-17)6-7-14(19-10)16(22)20-13-4-3-5-15-12(13)9-18-21(15)2/h6-7,9,13H,3-5H2,1-2H3,(H,20,22)/t13-/m0/s1. The first-order chi connectivity index (χ1) is 10.6. The Labute approximate surface area is 128 Å². The SMILES string of the molecule is Cc1nc(C(=O)N[C@H]2CCCc3c2cnn3C)ccc1C#N. The smallest absolute Gasteiger partial charge is 0.270 e. The van der Waals surface area contributed by atoms with E-state index in [1.807, 2.05) is 17.9 Å². The van der Waals surface area contributed by atoms with Crippen molar-refractivity contribution < 1.29 is 4.79 Å². The summed E-state index contributed by atoms with van der Waals surface area (Å²) in [7, 11) is 1.93. The van der Waals surface area contributed by atoms with Gasteiger partial charge in [-0.1, -0.05) is 0 Å². The van der Waals surface area contributed by atoms with Crippen LogP contribution >= 0.6 is 0 Å². The van der Waals surface area contributed by atoms with Crippen LogP contribution < -0.4 is 5.32 Å². The molecule has 112 valence electrons. The predicted molar refractivity (Wildman–Crippen MR) is 80.0 cm³/mol. The molecule has 3 rings (SSSR count). The second kappa shape index (κ2) is 5.60. The zero-order valence-corrected chi connectivity index (χ0v) is 12.6. The summed E-state index contributed by atoms with van der Waals surface area (Å²) in [4.78, 5) is 16.6. The highest BCUT2D eigenvalue weighted by Crippen LogP contribution is 2.29. The molecule has 22 heavy (non-hydrogen) atoms. The Bertz CT molecular complexity index is 771. The van der Waals surface area contributed by atoms with Gasteiger partial charge in [0.25, 0.3) is 5.91 Å². The lowest BCUT2D eigenvalue weighted by Gasteiger charge is -2.23. The predicted octanol–water partition coefficient (Wildman–Crippen LogP) is 1.80. The summed E-state index contributed by atoms with van der Waals surface area (Å²) in [6.07, 6.45) is 4.75. The number of nitriles is 1. The number of aromatic nitrogens is 3. The fraction of sp³-hybridized carbons (Fsp3) is 0.375. The van der Waals surface area contributed by atoms with Gasteiger partial charge in [0, 0.05) is 18.3 Å². The summed E-state index contributed by atoms with van der Waals surface area (Å²) in [5.41, 5.74) is 3.67. The third kappa shape index (κ3) is 2.46. The van der Waals surface area contributed by atoms with Crippen LogP contribution in [0.4, 0.5) is 0 Å². The number of carbonyl (C=O) groups is 1. The van der Waals surface area contributed by atoms with Crippen LogP contribution in [0, 0.1) is 18.3 Å². The molecule has 6 nitrogen and oxygen atoms in total. The van der Waals surface area contributed by atoms with Crippen LogP contribution in [0.15, 0.2) is 18.3 Å². The number of rotatable bonds is 2. The average Bonchev–Trinajstić information content (AvgIpc) is 2.90. The van der Waals surface area contributed by atoms with E-state index in [2.05, 4.69) is 21.5 Å². The quantitative estimate of drug-likeness (QED) is 0.915. The van der Waals surface area contributed by atoms with E-state index >= 15 is 0 Å². The van der Waals surface area contributed by atoms with Crippen LogP contribution in [0.25, 0.3) is 0 Å². The Morgan fingerprint density at radius 1 is 1.50 bits per heavy atom. The number of hydrogen-bond donors (Lipinski definition) is 1. The largest absolute Gasteiger partial charge is 0.344 e. The van der Waals surface area contributed by atoms with Crippen molar-refractivity contribution >= 4 is 5.91 Å². The molecular formula is C16H17N5O. The van der Waals surface area contributed by atoms with Crippen LogP contribution in [-0.2, 0) is 13.5 Å². The van der Waals surface area contributed by atoms with Gasteiger partial charge >= 0.3 is 0 Å². The number of pyridine rings is 1. The second-order valence-electron chi connectivity index (χ2n) is 5.53. The summed E-state index contributed by atoms with van der Waals surface area (Å²) in [6, 6.07) is 5.25. The van der Waals surface area contributed by atoms with Gasteiger partial charge in [0.15, 0.2) is 0 Å². The Morgan fingerprint density at radius 2 is 2.32 bits per heavy atom. The van der Waals surface area contributed by atoms with Crippen molar-refractivity contribution in [3.8, 4) is 6.07 Å². The van der Waals surface area contributed by atoms with Gasteiger partial charge in [0.05, 0.1) is 23.5 Å². The van der Waals surface area contributed by atoms with Gasteiger partial charge in [0.1, 0.15) is 11.8 Å². The average molecular weight is 295 g/mol. The van der Waals surface area contributed by atoms with E-state index in [1.54, 1.807) is 19.1 Å². The first-order valence-electron chi connectivity index (χ1n) is 7.29. The van der Waals surface area contributed by atoms with Gasteiger partial charge in [-0.25, -0.2) is 4.98 Å². The van der Waals surface area contributed by atoms with E-state index in [0.717, 1.165) is 24.8 Å². The molecule has 2 aromatic rings. The topological polar surface area (TPSA) is 83.6 Å². The van der Waals surface area contributed by atoms with E-state index in [4.69, 9.17) is 5.26 Å². The molecule has 0 radical (unpaired) electrons. The highest BCUT2D eigenvalue weighted by molar-refractivity contribution is 5.92. The number of carbonyl (C=O) groups excluding carboxylic acids is 1. The monoisotopic (exact) mass is 295 g/mol. The van der Waals surface area contributed by atoms with Crippen LogP contribution in [0.2, 0.25) is 0 Å². The van der Waals surface area contributed by atoms with Gasteiger partial charge in [-0.05, 0) is 38.3 Å². The summed E-state index contributed by atoms with van der Waals surface area (Å²) in [5.74, 6) is -0.214. The molecule has 2 heterocycles. The van der Waals surface area contributed by atoms with E-state index in [0.29, 0.717) is 17.0 Å². The summed E-state index contributed by atoms with van der Waals surface area (Å²) >= 11 is 0. The molecule has 6 heteroatoms. The van der Waals surface area contributed by atoms with Crippen LogP contribution in [0.1, 0.15) is 51.9 Å². The number of nitrogens with one attached hydrogen (secondary N) is 1. The van der Waals surface area contributed by atoms with Crippen molar-refractivity contribution in [2.24, 2.45) is 7.05 Å². The summed E-state index contributed by atoms with van der Waals surface area (Å²) in [5, 5.41) is 16.2. The number of amides is 1. The minimum absolute atomic E-state index is 0.0253. The number of hydrogen-bond acceptors (Lipinski definition) is 4. The Balaban J connectivity index is 1.81. The first kappa shape index (κ1) is 14.3. The molecule has 0 aromatic carbocycles. The van der Waals surface area contributed by atoms with Gasteiger partial charge in [-0.2, -0.15) is 10.4 Å². The molecule has 0 fully saturated rings. The maximum atomic E-state index is 12.4. The molecule has 0 unspecified atom stereocenters. The van der Waals surface area contributed by atoms with E-state index in [-0.39, 0.29) is 11.9 Å². The van der Waals surface area contributed by atoms with Crippen molar-refractivity contribution in [2.75, 3.05) is 0 Å². The van der Waals surface area contributed by atoms with Crippen LogP contribution in [-0.4, -0.2) is 20.7 Å². The molecule has 1 aliphatic rings. The van der Waals surface area contributed by atoms with Crippen molar-refractivity contribution in [3.05, 3.63) is 46.5 Å².